The Morgan fingerprint density at radius 1 is 1.29 bits per heavy atom. The van der Waals surface area contributed by atoms with Crippen molar-refractivity contribution in [1.82, 2.24) is 0 Å². The molecule has 3 saturated carbocycles. The Labute approximate surface area is 198 Å². The van der Waals surface area contributed by atoms with Crippen LogP contribution in [0.2, 0.25) is 0 Å². The molecule has 0 radical (unpaired) electrons. The van der Waals surface area contributed by atoms with Gasteiger partial charge in [-0.05, 0) is 48.8 Å². The van der Waals surface area contributed by atoms with Gasteiger partial charge in [0.2, 0.25) is 5.78 Å². The molecule has 0 amide bonds. The summed E-state index contributed by atoms with van der Waals surface area (Å²) in [5.41, 5.74) is -2.07. The first-order chi connectivity index (χ1) is 14.4. The Bertz CT molecular complexity index is 898. The van der Waals surface area contributed by atoms with E-state index in [4.69, 9.17) is 4.74 Å². The molecule has 31 heavy (non-hydrogen) atoms. The number of esters is 1. The van der Waals surface area contributed by atoms with Crippen LogP contribution in [0.25, 0.3) is 0 Å². The van der Waals surface area contributed by atoms with Gasteiger partial charge in [-0.15, -0.1) is 0 Å². The number of allylic oxidation sites excluding steroid dienone is 4. The predicted molar refractivity (Wildman–Crippen MR) is 121 cm³/mol. The molecule has 0 spiro atoms. The molecule has 4 rings (SSSR count). The molecule has 3 fully saturated rings. The van der Waals surface area contributed by atoms with Crippen LogP contribution in [0.15, 0.2) is 23.8 Å². The maximum atomic E-state index is 13.0. The first-order valence-electron chi connectivity index (χ1n) is 10.7. The highest BCUT2D eigenvalue weighted by molar-refractivity contribution is 9.12. The molecule has 2 unspecified atom stereocenters. The Balaban J connectivity index is 1.74. The van der Waals surface area contributed by atoms with Crippen molar-refractivity contribution >= 4 is 49.4 Å². The van der Waals surface area contributed by atoms with E-state index in [0.717, 1.165) is 5.57 Å². The van der Waals surface area contributed by atoms with Gasteiger partial charge in [0.1, 0.15) is 5.60 Å². The molecule has 0 heterocycles. The van der Waals surface area contributed by atoms with E-state index in [1.165, 1.54) is 6.92 Å². The Kier molecular flexibility index (Phi) is 5.72. The molecule has 4 aliphatic carbocycles. The van der Waals surface area contributed by atoms with Crippen LogP contribution in [-0.4, -0.2) is 55.7 Å². The molecule has 0 aromatic heterocycles. The predicted octanol–water partition coefficient (Wildman–Crippen LogP) is 2.88. The monoisotopic (exact) mass is 558 g/mol. The zero-order valence-electron chi connectivity index (χ0n) is 17.8. The van der Waals surface area contributed by atoms with Gasteiger partial charge in [-0.1, -0.05) is 51.8 Å². The summed E-state index contributed by atoms with van der Waals surface area (Å²) >= 11 is 7.63. The average molecular weight is 560 g/mol. The highest BCUT2D eigenvalue weighted by Crippen LogP contribution is 2.68. The second-order valence-corrected chi connectivity index (χ2v) is 12.0. The lowest BCUT2D eigenvalue weighted by atomic mass is 9.46. The van der Waals surface area contributed by atoms with Gasteiger partial charge in [0.15, 0.2) is 12.4 Å². The third-order valence-electron chi connectivity index (χ3n) is 8.53. The normalized spacial score (nSPS) is 48.4. The summed E-state index contributed by atoms with van der Waals surface area (Å²) in [6.45, 7) is 4.71. The van der Waals surface area contributed by atoms with Crippen LogP contribution >= 0.6 is 31.9 Å². The summed E-state index contributed by atoms with van der Waals surface area (Å²) in [5.74, 6) is -1.36. The number of ketones is 2. The van der Waals surface area contributed by atoms with Gasteiger partial charge in [-0.2, -0.15) is 0 Å². The van der Waals surface area contributed by atoms with Crippen LogP contribution in [0.3, 0.4) is 0 Å². The summed E-state index contributed by atoms with van der Waals surface area (Å²) in [6.07, 6.45) is 5.54. The third-order valence-corrected chi connectivity index (χ3v) is 11.4. The van der Waals surface area contributed by atoms with Gasteiger partial charge < -0.3 is 14.9 Å². The molecule has 170 valence electrons. The van der Waals surface area contributed by atoms with Gasteiger partial charge >= 0.3 is 5.97 Å². The maximum Gasteiger partial charge on any atom is 0.303 e. The van der Waals surface area contributed by atoms with Crippen LogP contribution in [0.5, 0.6) is 0 Å². The summed E-state index contributed by atoms with van der Waals surface area (Å²) in [4.78, 5) is 36.1. The van der Waals surface area contributed by atoms with E-state index in [-0.39, 0.29) is 46.0 Å². The van der Waals surface area contributed by atoms with Crippen molar-refractivity contribution in [3.8, 4) is 0 Å². The van der Waals surface area contributed by atoms with E-state index in [1.807, 2.05) is 13.0 Å². The van der Waals surface area contributed by atoms with Gasteiger partial charge in [0, 0.05) is 33.3 Å². The minimum absolute atomic E-state index is 0.0268. The number of fused-ring (bicyclic) bond motifs is 5. The van der Waals surface area contributed by atoms with Gasteiger partial charge in [0.25, 0.3) is 0 Å². The van der Waals surface area contributed by atoms with E-state index in [2.05, 4.69) is 38.8 Å². The van der Waals surface area contributed by atoms with Gasteiger partial charge in [-0.25, -0.2) is 0 Å². The molecule has 2 N–H and O–H groups in total. The topological polar surface area (TPSA) is 101 Å². The van der Waals surface area contributed by atoms with E-state index in [0.29, 0.717) is 6.42 Å². The number of hydrogen-bond donors (Lipinski definition) is 2. The molecule has 0 saturated heterocycles. The molecular formula is C23H28Br2O6. The van der Waals surface area contributed by atoms with Crippen molar-refractivity contribution in [2.45, 2.75) is 61.4 Å². The van der Waals surface area contributed by atoms with E-state index in [1.54, 1.807) is 12.2 Å². The molecular weight excluding hydrogens is 532 g/mol. The van der Waals surface area contributed by atoms with Crippen molar-refractivity contribution in [2.75, 3.05) is 6.61 Å². The van der Waals surface area contributed by atoms with Crippen LogP contribution in [0, 0.1) is 28.6 Å². The Hall–Kier alpha value is -0.830. The first kappa shape index (κ1) is 23.3. The molecule has 4 aliphatic rings. The quantitative estimate of drug-likeness (QED) is 0.407. The fourth-order valence-electron chi connectivity index (χ4n) is 7.00. The molecule has 0 bridgehead atoms. The molecule has 0 aliphatic heterocycles. The minimum atomic E-state index is -1.66. The average Bonchev–Trinajstić information content (AvgIpc) is 2.96. The zero-order chi connectivity index (χ0) is 22.9. The van der Waals surface area contributed by atoms with E-state index >= 15 is 0 Å². The number of ether oxygens (including phenoxy) is 1. The molecule has 8 heteroatoms. The van der Waals surface area contributed by atoms with E-state index in [9.17, 15) is 24.6 Å². The van der Waals surface area contributed by atoms with Crippen LogP contribution in [0.1, 0.15) is 40.0 Å². The molecule has 9 atom stereocenters. The number of aliphatic hydroxyl groups is 2. The van der Waals surface area contributed by atoms with Crippen LogP contribution in [-0.2, 0) is 19.1 Å². The van der Waals surface area contributed by atoms with Crippen molar-refractivity contribution in [2.24, 2.45) is 28.6 Å². The summed E-state index contributed by atoms with van der Waals surface area (Å²) in [6, 6.07) is 0. The number of hydrogen-bond acceptors (Lipinski definition) is 6. The highest BCUT2D eigenvalue weighted by Gasteiger charge is 2.70. The fraction of sp³-hybridized carbons (Fsp3) is 0.696. The maximum absolute atomic E-state index is 13.0. The number of rotatable bonds is 3. The van der Waals surface area contributed by atoms with Crippen molar-refractivity contribution in [3.63, 3.8) is 0 Å². The lowest BCUT2D eigenvalue weighted by Crippen LogP contribution is -2.65. The standard InChI is InChI=1S/C23H28Br2O6/c1-11(26)31-10-16(29)23(30)7-5-13-17-18(15(28)9-22(13,23)3)21(2)6-4-12(27)8-14(21)19(24)20(17)25/h4,6,8,13,15,17-20,28,30H,5,7,9-10H2,1-3H3/t13-,15-,17-,18-,19?,20?,21-,22-,23-/m0/s1. The van der Waals surface area contributed by atoms with E-state index < -0.39 is 40.9 Å². The lowest BCUT2D eigenvalue weighted by Gasteiger charge is -2.62. The summed E-state index contributed by atoms with van der Waals surface area (Å²) < 4.78 is 4.90. The smallest absolute Gasteiger partial charge is 0.303 e. The number of Topliss-reactive ketones (excluding diaryl/α,β-unsaturated/α-hetero) is 1. The molecule has 0 aromatic carbocycles. The molecule has 0 aromatic rings. The number of carbonyl (C=O) groups is 3. The zero-order valence-corrected chi connectivity index (χ0v) is 21.0. The number of halogens is 2. The number of aliphatic hydroxyl groups excluding tert-OH is 1. The molecule has 6 nitrogen and oxygen atoms in total. The third kappa shape index (κ3) is 3.19. The van der Waals surface area contributed by atoms with Crippen molar-refractivity contribution in [3.05, 3.63) is 23.8 Å². The summed E-state index contributed by atoms with van der Waals surface area (Å²) in [7, 11) is 0. The first-order valence-corrected chi connectivity index (χ1v) is 12.5. The number of carbonyl (C=O) groups excluding carboxylic acids is 3. The number of alkyl halides is 2. The van der Waals surface area contributed by atoms with Crippen molar-refractivity contribution < 1.29 is 29.3 Å². The Morgan fingerprint density at radius 3 is 2.61 bits per heavy atom. The van der Waals surface area contributed by atoms with Gasteiger partial charge in [-0.3, -0.25) is 14.4 Å². The second-order valence-electron chi connectivity index (χ2n) is 9.97. The highest BCUT2D eigenvalue weighted by atomic mass is 79.9. The second kappa shape index (κ2) is 7.61. The minimum Gasteiger partial charge on any atom is -0.458 e. The van der Waals surface area contributed by atoms with Crippen LogP contribution < -0.4 is 0 Å². The Morgan fingerprint density at radius 2 is 1.97 bits per heavy atom. The lowest BCUT2D eigenvalue weighted by molar-refractivity contribution is -0.180. The SMILES string of the molecule is CC(=O)OCC(=O)[C@@]1(O)CC[C@H]2[C@@H]3C(Br)C(Br)C4=CC(=O)C=C[C@]4(C)[C@H]3[C@@H](O)C[C@@]21C. The summed E-state index contributed by atoms with van der Waals surface area (Å²) in [5, 5.41) is 23.0. The van der Waals surface area contributed by atoms with Gasteiger partial charge in [0.05, 0.1) is 6.10 Å². The van der Waals surface area contributed by atoms with Crippen LogP contribution in [0.4, 0.5) is 0 Å². The van der Waals surface area contributed by atoms with Crippen molar-refractivity contribution in [1.29, 1.82) is 0 Å². The largest absolute Gasteiger partial charge is 0.458 e. The fourth-order valence-corrected chi connectivity index (χ4v) is 8.96.